The molecule has 0 radical (unpaired) electrons. The first-order chi connectivity index (χ1) is 9.74. The van der Waals surface area contributed by atoms with Gasteiger partial charge in [-0.2, -0.15) is 0 Å². The Bertz CT molecular complexity index is 454. The van der Waals surface area contributed by atoms with E-state index in [1.807, 2.05) is 21.0 Å². The monoisotopic (exact) mass is 341 g/mol. The van der Waals surface area contributed by atoms with Gasteiger partial charge in [-0.3, -0.25) is 13.2 Å². The predicted molar refractivity (Wildman–Crippen MR) is 77.6 cm³/mol. The van der Waals surface area contributed by atoms with Gasteiger partial charge in [-0.15, -0.1) is 0 Å². The zero-order valence-corrected chi connectivity index (χ0v) is 14.1. The topological polar surface area (TPSA) is 150 Å². The van der Waals surface area contributed by atoms with Gasteiger partial charge >= 0.3 is 0 Å². The van der Waals surface area contributed by atoms with E-state index >= 15 is 0 Å². The minimum Gasteiger partial charge on any atom is -0.759 e. The van der Waals surface area contributed by atoms with Crippen LogP contribution in [0.4, 0.5) is 0 Å². The molecule has 0 saturated carbocycles. The number of carbonyl (C=O) groups excluding carboxylic acids is 1. The number of nitrogens with zero attached hydrogens (tertiary/aromatic N) is 1. The molecule has 0 spiro atoms. The van der Waals surface area contributed by atoms with E-state index in [1.165, 1.54) is 0 Å². The molecule has 0 aliphatic rings. The molecule has 0 aliphatic heterocycles. The quantitative estimate of drug-likeness (QED) is 0.168. The molecule has 3 N–H and O–H groups in total. The average Bonchev–Trinajstić information content (AvgIpc) is 2.32. The largest absolute Gasteiger partial charge is 0.759 e. The van der Waals surface area contributed by atoms with Gasteiger partial charge in [0, 0.05) is 22.4 Å². The Labute approximate surface area is 131 Å². The fourth-order valence-electron chi connectivity index (χ4n) is 1.77. The van der Waals surface area contributed by atoms with E-state index in [9.17, 15) is 9.90 Å². The molecular formula is C12H25N2O7S-. The second-order valence-corrected chi connectivity index (χ2v) is 6.20. The van der Waals surface area contributed by atoms with Gasteiger partial charge in [-0.25, -0.2) is 0 Å². The molecule has 0 aromatic rings. The maximum absolute atomic E-state index is 11.6. The van der Waals surface area contributed by atoms with E-state index < -0.39 is 16.5 Å². The number of aliphatic hydroxyl groups excluding tert-OH is 2. The molecule has 0 aromatic heterocycles. The molecule has 0 aliphatic carbocycles. The summed E-state index contributed by atoms with van der Waals surface area (Å²) in [7, 11) is -1.35. The third-order valence-corrected chi connectivity index (χ3v) is 2.81. The Hall–Kier alpha value is -1.04. The number of hydrogen-bond acceptors (Lipinski definition) is 7. The first-order valence-corrected chi connectivity index (χ1v) is 7.82. The predicted octanol–water partition coefficient (Wildman–Crippen LogP) is -1.49. The lowest BCUT2D eigenvalue weighted by Gasteiger charge is -2.38. The molecule has 0 aromatic carbocycles. The van der Waals surface area contributed by atoms with Crippen LogP contribution in [-0.4, -0.2) is 77.6 Å². The maximum Gasteiger partial charge on any atom is 0.250 e. The Kier molecular flexibility index (Phi) is 10.4. The van der Waals surface area contributed by atoms with Crippen molar-refractivity contribution < 1.29 is 37.0 Å². The smallest absolute Gasteiger partial charge is 0.250 e. The fourth-order valence-corrected chi connectivity index (χ4v) is 1.77. The van der Waals surface area contributed by atoms with Crippen molar-refractivity contribution in [1.29, 1.82) is 0 Å². The number of amides is 1. The number of aliphatic hydroxyl groups is 2. The number of hydrogen-bond donors (Lipinski definition) is 3. The van der Waals surface area contributed by atoms with Crippen LogP contribution in [0.15, 0.2) is 12.2 Å². The lowest BCUT2D eigenvalue weighted by atomic mass is 10.2. The van der Waals surface area contributed by atoms with Crippen LogP contribution in [0.1, 0.15) is 20.3 Å². The highest BCUT2D eigenvalue weighted by Crippen LogP contribution is 2.10. The van der Waals surface area contributed by atoms with Crippen LogP contribution in [0.25, 0.3) is 0 Å². The van der Waals surface area contributed by atoms with E-state index in [1.54, 1.807) is 6.92 Å². The third kappa shape index (κ3) is 12.7. The molecule has 2 atom stereocenters. The summed E-state index contributed by atoms with van der Waals surface area (Å²) in [5, 5.41) is 21.2. The standard InChI is InChI=1S/C12H24N2O3.H2O4S/c1-6-11(13-12(17)9(2)3)14(4,5)7-10(16)8-15;1-5(2,3)4/h10-11,15-16H,2,6-8H2,1,3-5H3;(H2,1,2,3,4)/p-1. The van der Waals surface area contributed by atoms with Gasteiger partial charge in [0.25, 0.3) is 5.91 Å². The third-order valence-electron chi connectivity index (χ3n) is 2.81. The molecule has 0 bridgehead atoms. The van der Waals surface area contributed by atoms with Crippen LogP contribution in [-0.2, 0) is 15.2 Å². The van der Waals surface area contributed by atoms with Gasteiger partial charge in [-0.05, 0) is 6.92 Å². The van der Waals surface area contributed by atoms with Crippen molar-refractivity contribution in [2.24, 2.45) is 0 Å². The number of likely N-dealkylation sites (N-methyl/N-ethyl adjacent to an activating group) is 1. The van der Waals surface area contributed by atoms with Gasteiger partial charge in [0.1, 0.15) is 12.6 Å². The van der Waals surface area contributed by atoms with Gasteiger partial charge in [0.2, 0.25) is 0 Å². The summed E-state index contributed by atoms with van der Waals surface area (Å²) in [6.07, 6.45) is -0.148. The Balaban J connectivity index is 0. The zero-order valence-electron chi connectivity index (χ0n) is 13.3. The fraction of sp³-hybridized carbons (Fsp3) is 0.750. The number of quaternary nitrogens is 1. The molecule has 0 saturated heterocycles. The van der Waals surface area contributed by atoms with Crippen LogP contribution in [0.2, 0.25) is 0 Å². The van der Waals surface area contributed by atoms with Crippen molar-refractivity contribution in [1.82, 2.24) is 5.32 Å². The molecular weight excluding hydrogens is 316 g/mol. The van der Waals surface area contributed by atoms with E-state index in [0.717, 1.165) is 6.42 Å². The van der Waals surface area contributed by atoms with Crippen molar-refractivity contribution in [2.45, 2.75) is 32.5 Å². The highest BCUT2D eigenvalue weighted by molar-refractivity contribution is 7.79. The first-order valence-electron chi connectivity index (χ1n) is 6.49. The van der Waals surface area contributed by atoms with Crippen molar-refractivity contribution in [3.63, 3.8) is 0 Å². The van der Waals surface area contributed by atoms with Crippen molar-refractivity contribution in [3.8, 4) is 0 Å². The first kappa shape index (κ1) is 23.2. The Morgan fingerprint density at radius 1 is 1.36 bits per heavy atom. The molecule has 0 rings (SSSR count). The summed E-state index contributed by atoms with van der Waals surface area (Å²) in [5.74, 6) is -0.179. The van der Waals surface area contributed by atoms with Crippen molar-refractivity contribution in [2.75, 3.05) is 27.2 Å². The summed E-state index contributed by atoms with van der Waals surface area (Å²) in [6.45, 7) is 7.33. The highest BCUT2D eigenvalue weighted by atomic mass is 32.3. The van der Waals surface area contributed by atoms with E-state index in [0.29, 0.717) is 16.6 Å². The van der Waals surface area contributed by atoms with Crippen LogP contribution in [0.5, 0.6) is 0 Å². The summed E-state index contributed by atoms with van der Waals surface area (Å²) in [4.78, 5) is 11.6. The number of carbonyl (C=O) groups is 1. The second-order valence-electron chi connectivity index (χ2n) is 5.38. The number of rotatable bonds is 7. The summed E-state index contributed by atoms with van der Waals surface area (Å²) in [5.41, 5.74) is 0.464. The highest BCUT2D eigenvalue weighted by Gasteiger charge is 2.30. The molecule has 9 nitrogen and oxygen atoms in total. The van der Waals surface area contributed by atoms with Gasteiger partial charge in [-0.1, -0.05) is 13.5 Å². The van der Waals surface area contributed by atoms with E-state index in [4.69, 9.17) is 22.6 Å². The normalized spacial score (nSPS) is 14.4. The van der Waals surface area contributed by atoms with Crippen molar-refractivity contribution in [3.05, 3.63) is 12.2 Å². The average molecular weight is 341 g/mol. The summed E-state index contributed by atoms with van der Waals surface area (Å²) >= 11 is 0. The SMILES string of the molecule is C=C(C)C(=O)NC(CC)[N+](C)(C)CC(O)CO.O=S(=O)([O-])[O-]. The molecule has 132 valence electrons. The molecule has 1 amide bonds. The zero-order chi connectivity index (χ0) is 18.1. The van der Waals surface area contributed by atoms with Crippen LogP contribution >= 0.6 is 0 Å². The lowest BCUT2D eigenvalue weighted by molar-refractivity contribution is -0.920. The van der Waals surface area contributed by atoms with Crippen molar-refractivity contribution >= 4 is 16.3 Å². The van der Waals surface area contributed by atoms with Crippen LogP contribution in [0.3, 0.4) is 0 Å². The molecule has 10 heteroatoms. The minimum absolute atomic E-state index is 0.111. The van der Waals surface area contributed by atoms with E-state index in [-0.39, 0.29) is 18.7 Å². The molecule has 0 heterocycles. The maximum atomic E-state index is 11.6. The van der Waals surface area contributed by atoms with Crippen LogP contribution in [0, 0.1) is 0 Å². The Morgan fingerprint density at radius 3 is 2.05 bits per heavy atom. The van der Waals surface area contributed by atoms with Gasteiger partial charge in [0.15, 0.2) is 6.17 Å². The molecule has 2 unspecified atom stereocenters. The minimum atomic E-state index is -5.17. The van der Waals surface area contributed by atoms with Gasteiger partial charge < -0.3 is 29.1 Å². The summed E-state index contributed by atoms with van der Waals surface area (Å²) in [6, 6.07) is 0. The number of nitrogens with one attached hydrogen (secondary N) is 1. The molecule has 22 heavy (non-hydrogen) atoms. The summed E-state index contributed by atoms with van der Waals surface area (Å²) < 4.78 is 34.5. The van der Waals surface area contributed by atoms with E-state index in [2.05, 4.69) is 11.9 Å². The second kappa shape index (κ2) is 9.87. The molecule has 0 fully saturated rings. The van der Waals surface area contributed by atoms with Gasteiger partial charge in [0.05, 0.1) is 20.7 Å². The Morgan fingerprint density at radius 2 is 1.77 bits per heavy atom. The lowest BCUT2D eigenvalue weighted by Crippen LogP contribution is -2.60. The van der Waals surface area contributed by atoms with Crippen LogP contribution < -0.4 is 5.32 Å².